The average Bonchev–Trinajstić information content (AvgIpc) is 3.28. The molecule has 1 aliphatic rings. The zero-order valence-electron chi connectivity index (χ0n) is 12.3. The number of nitrogens with zero attached hydrogens (tertiary/aromatic N) is 3. The SMILES string of the molecule is NC1(c2noc(-c3csc(-c4ccc(Cl)cc4)n3)n2)CCCC1. The van der Waals surface area contributed by atoms with Crippen LogP contribution in [0.2, 0.25) is 5.02 Å². The number of hydrogen-bond acceptors (Lipinski definition) is 6. The minimum absolute atomic E-state index is 0.424. The van der Waals surface area contributed by atoms with Crippen LogP contribution in [-0.4, -0.2) is 15.1 Å². The van der Waals surface area contributed by atoms with Crippen LogP contribution in [0.25, 0.3) is 22.2 Å². The molecule has 0 atom stereocenters. The quantitative estimate of drug-likeness (QED) is 0.767. The summed E-state index contributed by atoms with van der Waals surface area (Å²) in [5.41, 5.74) is 7.61. The standard InChI is InChI=1S/C16H15ClN4OS/c17-11-5-3-10(4-6-11)14-19-12(9-23-14)13-20-15(21-22-13)16(18)7-1-2-8-16/h3-6,9H,1-2,7-8,18H2. The van der Waals surface area contributed by atoms with Gasteiger partial charge in [-0.25, -0.2) is 4.98 Å². The van der Waals surface area contributed by atoms with Crippen LogP contribution in [0.4, 0.5) is 0 Å². The smallest absolute Gasteiger partial charge is 0.277 e. The maximum absolute atomic E-state index is 6.37. The lowest BCUT2D eigenvalue weighted by atomic mass is 9.99. The molecule has 5 nitrogen and oxygen atoms in total. The van der Waals surface area contributed by atoms with E-state index in [-0.39, 0.29) is 0 Å². The molecule has 118 valence electrons. The van der Waals surface area contributed by atoms with Gasteiger partial charge in [0.15, 0.2) is 5.82 Å². The molecule has 1 fully saturated rings. The van der Waals surface area contributed by atoms with Crippen LogP contribution in [0.3, 0.4) is 0 Å². The topological polar surface area (TPSA) is 77.8 Å². The first kappa shape index (κ1) is 14.8. The first-order valence-electron chi connectivity index (χ1n) is 7.49. The van der Waals surface area contributed by atoms with E-state index in [1.807, 2.05) is 29.6 Å². The van der Waals surface area contributed by atoms with Crippen LogP contribution in [0.15, 0.2) is 34.2 Å². The largest absolute Gasteiger partial charge is 0.332 e. The van der Waals surface area contributed by atoms with Gasteiger partial charge in [-0.2, -0.15) is 4.98 Å². The fourth-order valence-electron chi connectivity index (χ4n) is 2.86. The Bertz CT molecular complexity index is 821. The number of thiazole rings is 1. The highest BCUT2D eigenvalue weighted by molar-refractivity contribution is 7.13. The lowest BCUT2D eigenvalue weighted by molar-refractivity contribution is 0.372. The summed E-state index contributed by atoms with van der Waals surface area (Å²) in [4.78, 5) is 9.06. The second kappa shape index (κ2) is 5.70. The Hall–Kier alpha value is -1.76. The van der Waals surface area contributed by atoms with Crippen LogP contribution >= 0.6 is 22.9 Å². The predicted molar refractivity (Wildman–Crippen MR) is 90.2 cm³/mol. The Morgan fingerprint density at radius 1 is 1.13 bits per heavy atom. The van der Waals surface area contributed by atoms with Crippen molar-refractivity contribution in [2.45, 2.75) is 31.2 Å². The molecule has 2 heterocycles. The third-order valence-corrected chi connectivity index (χ3v) is 5.32. The van der Waals surface area contributed by atoms with Crippen LogP contribution < -0.4 is 5.73 Å². The van der Waals surface area contributed by atoms with E-state index in [1.54, 1.807) is 0 Å². The van der Waals surface area contributed by atoms with Crippen LogP contribution in [0, 0.1) is 0 Å². The number of hydrogen-bond donors (Lipinski definition) is 1. The molecule has 3 aromatic rings. The number of halogens is 1. The molecule has 1 aromatic carbocycles. The highest BCUT2D eigenvalue weighted by Gasteiger charge is 2.36. The first-order valence-corrected chi connectivity index (χ1v) is 8.75. The third-order valence-electron chi connectivity index (χ3n) is 4.18. The Kier molecular flexibility index (Phi) is 3.67. The molecule has 0 unspecified atom stereocenters. The normalized spacial score (nSPS) is 16.8. The zero-order chi connectivity index (χ0) is 15.9. The second-order valence-electron chi connectivity index (χ2n) is 5.83. The van der Waals surface area contributed by atoms with Crippen LogP contribution in [-0.2, 0) is 5.54 Å². The van der Waals surface area contributed by atoms with Gasteiger partial charge in [-0.15, -0.1) is 11.3 Å². The Morgan fingerprint density at radius 2 is 1.87 bits per heavy atom. The fraction of sp³-hybridized carbons (Fsp3) is 0.312. The molecule has 0 radical (unpaired) electrons. The van der Waals surface area contributed by atoms with Crippen molar-refractivity contribution in [3.8, 4) is 22.2 Å². The third kappa shape index (κ3) is 2.78. The van der Waals surface area contributed by atoms with E-state index >= 15 is 0 Å². The lowest BCUT2D eigenvalue weighted by Gasteiger charge is -2.17. The molecular weight excluding hydrogens is 332 g/mol. The summed E-state index contributed by atoms with van der Waals surface area (Å²) >= 11 is 7.45. The predicted octanol–water partition coefficient (Wildman–Crippen LogP) is 4.24. The molecule has 2 N–H and O–H groups in total. The van der Waals surface area contributed by atoms with Crippen LogP contribution in [0.1, 0.15) is 31.5 Å². The molecule has 23 heavy (non-hydrogen) atoms. The van der Waals surface area contributed by atoms with E-state index in [9.17, 15) is 0 Å². The molecule has 1 saturated carbocycles. The van der Waals surface area contributed by atoms with Crippen molar-refractivity contribution in [2.75, 3.05) is 0 Å². The second-order valence-corrected chi connectivity index (χ2v) is 7.13. The lowest BCUT2D eigenvalue weighted by Crippen LogP contribution is -2.34. The summed E-state index contributed by atoms with van der Waals surface area (Å²) in [6, 6.07) is 7.58. The van der Waals surface area contributed by atoms with Crippen molar-refractivity contribution in [3.63, 3.8) is 0 Å². The monoisotopic (exact) mass is 346 g/mol. The van der Waals surface area contributed by atoms with Crippen LogP contribution in [0.5, 0.6) is 0 Å². The number of nitrogens with two attached hydrogens (primary N) is 1. The highest BCUT2D eigenvalue weighted by Crippen LogP contribution is 2.36. The van der Waals surface area contributed by atoms with Crippen molar-refractivity contribution in [1.82, 2.24) is 15.1 Å². The minimum Gasteiger partial charge on any atom is -0.332 e. The van der Waals surface area contributed by atoms with Gasteiger partial charge in [0.2, 0.25) is 0 Å². The molecule has 0 aliphatic heterocycles. The molecule has 4 rings (SSSR count). The maximum Gasteiger partial charge on any atom is 0.277 e. The molecule has 1 aliphatic carbocycles. The summed E-state index contributed by atoms with van der Waals surface area (Å²) in [7, 11) is 0. The van der Waals surface area contributed by atoms with Gasteiger partial charge in [-0.3, -0.25) is 0 Å². The van der Waals surface area contributed by atoms with Gasteiger partial charge in [-0.1, -0.05) is 41.7 Å². The number of benzene rings is 1. The van der Waals surface area contributed by atoms with Gasteiger partial charge >= 0.3 is 0 Å². The van der Waals surface area contributed by atoms with Gasteiger partial charge in [0, 0.05) is 16.0 Å². The van der Waals surface area contributed by atoms with Gasteiger partial charge < -0.3 is 10.3 Å². The van der Waals surface area contributed by atoms with Crippen molar-refractivity contribution >= 4 is 22.9 Å². The molecule has 0 bridgehead atoms. The van der Waals surface area contributed by atoms with Crippen molar-refractivity contribution in [3.05, 3.63) is 40.5 Å². The van der Waals surface area contributed by atoms with Gasteiger partial charge in [-0.05, 0) is 25.0 Å². The molecule has 2 aromatic heterocycles. The average molecular weight is 347 g/mol. The summed E-state index contributed by atoms with van der Waals surface area (Å²) in [5, 5.41) is 7.59. The Labute approximate surface area is 142 Å². The van der Waals surface area contributed by atoms with E-state index in [0.29, 0.717) is 22.4 Å². The first-order chi connectivity index (χ1) is 11.1. The van der Waals surface area contributed by atoms with Gasteiger partial charge in [0.05, 0.1) is 5.54 Å². The van der Waals surface area contributed by atoms with Crippen molar-refractivity contribution in [2.24, 2.45) is 5.73 Å². The van der Waals surface area contributed by atoms with Crippen molar-refractivity contribution < 1.29 is 4.52 Å². The number of aromatic nitrogens is 3. The summed E-state index contributed by atoms with van der Waals surface area (Å²) in [5.74, 6) is 1.01. The van der Waals surface area contributed by atoms with E-state index in [1.165, 1.54) is 11.3 Å². The molecule has 7 heteroatoms. The highest BCUT2D eigenvalue weighted by atomic mass is 35.5. The summed E-state index contributed by atoms with van der Waals surface area (Å²) in [6.07, 6.45) is 4.02. The zero-order valence-corrected chi connectivity index (χ0v) is 13.9. The fourth-order valence-corrected chi connectivity index (χ4v) is 3.78. The van der Waals surface area contributed by atoms with E-state index in [2.05, 4.69) is 15.1 Å². The Balaban J connectivity index is 1.62. The summed E-state index contributed by atoms with van der Waals surface area (Å²) < 4.78 is 5.38. The van der Waals surface area contributed by atoms with E-state index < -0.39 is 5.54 Å². The van der Waals surface area contributed by atoms with Crippen molar-refractivity contribution in [1.29, 1.82) is 0 Å². The number of rotatable bonds is 3. The minimum atomic E-state index is -0.448. The van der Waals surface area contributed by atoms with Gasteiger partial charge in [0.25, 0.3) is 5.89 Å². The van der Waals surface area contributed by atoms with Gasteiger partial charge in [0.1, 0.15) is 10.7 Å². The maximum atomic E-state index is 6.37. The Morgan fingerprint density at radius 3 is 2.61 bits per heavy atom. The molecule has 0 spiro atoms. The summed E-state index contributed by atoms with van der Waals surface area (Å²) in [6.45, 7) is 0. The van der Waals surface area contributed by atoms with E-state index in [0.717, 1.165) is 36.3 Å². The molecule has 0 amide bonds. The van der Waals surface area contributed by atoms with E-state index in [4.69, 9.17) is 21.9 Å². The molecular formula is C16H15ClN4OS. The molecule has 0 saturated heterocycles.